The fourth-order valence-corrected chi connectivity index (χ4v) is 3.00. The predicted molar refractivity (Wildman–Crippen MR) is 81.1 cm³/mol. The number of hydrogen-bond acceptors (Lipinski definition) is 2. The summed E-state index contributed by atoms with van der Waals surface area (Å²) in [7, 11) is 0. The molecule has 0 aromatic heterocycles. The van der Waals surface area contributed by atoms with Crippen molar-refractivity contribution >= 4 is 23.4 Å². The van der Waals surface area contributed by atoms with Crippen LogP contribution >= 0.6 is 11.6 Å². The molecule has 0 spiro atoms. The number of benzene rings is 2. The molecule has 0 radical (unpaired) electrons. The normalized spacial score (nSPS) is 21.5. The zero-order valence-corrected chi connectivity index (χ0v) is 12.3. The third-order valence-electron chi connectivity index (χ3n) is 3.89. The minimum Gasteiger partial charge on any atom is -0.296 e. The van der Waals surface area contributed by atoms with Crippen LogP contribution in [0.4, 0.5) is 4.39 Å². The van der Waals surface area contributed by atoms with Gasteiger partial charge in [0, 0.05) is 22.9 Å². The highest BCUT2D eigenvalue weighted by Gasteiger charge is 2.39. The molecule has 2 aromatic carbocycles. The summed E-state index contributed by atoms with van der Waals surface area (Å²) in [5.41, 5.74) is 1.09. The number of piperidine rings is 1. The van der Waals surface area contributed by atoms with Crippen molar-refractivity contribution in [3.05, 3.63) is 70.5 Å². The van der Waals surface area contributed by atoms with Crippen LogP contribution in [0.1, 0.15) is 29.4 Å². The van der Waals surface area contributed by atoms with Crippen LogP contribution in [0.3, 0.4) is 0 Å². The highest BCUT2D eigenvalue weighted by molar-refractivity contribution is 6.30. The quantitative estimate of drug-likeness (QED) is 0.863. The van der Waals surface area contributed by atoms with Crippen LogP contribution in [0.2, 0.25) is 5.02 Å². The molecule has 1 aliphatic rings. The number of amides is 2. The summed E-state index contributed by atoms with van der Waals surface area (Å²) in [5.74, 6) is -2.41. The second-order valence-corrected chi connectivity index (χ2v) is 5.71. The zero-order chi connectivity index (χ0) is 15.7. The molecule has 112 valence electrons. The van der Waals surface area contributed by atoms with E-state index in [-0.39, 0.29) is 12.3 Å². The molecule has 5 heteroatoms. The van der Waals surface area contributed by atoms with E-state index in [1.807, 2.05) is 0 Å². The number of nitrogens with one attached hydrogen (secondary N) is 1. The molecule has 1 heterocycles. The molecular weight excluding hydrogens is 305 g/mol. The Kier molecular flexibility index (Phi) is 3.94. The van der Waals surface area contributed by atoms with Crippen molar-refractivity contribution in [3.8, 4) is 0 Å². The number of carbonyl (C=O) groups excluding carboxylic acids is 2. The molecule has 3 nitrogen and oxygen atoms in total. The van der Waals surface area contributed by atoms with Gasteiger partial charge in [0.1, 0.15) is 5.82 Å². The lowest BCUT2D eigenvalue weighted by Gasteiger charge is -2.31. The molecular formula is C17H13ClFNO2. The Morgan fingerprint density at radius 1 is 1.05 bits per heavy atom. The number of carbonyl (C=O) groups is 2. The van der Waals surface area contributed by atoms with E-state index < -0.39 is 23.6 Å². The Morgan fingerprint density at radius 3 is 2.41 bits per heavy atom. The van der Waals surface area contributed by atoms with Gasteiger partial charge in [-0.2, -0.15) is 0 Å². The van der Waals surface area contributed by atoms with Gasteiger partial charge in [-0.1, -0.05) is 41.9 Å². The van der Waals surface area contributed by atoms with Crippen LogP contribution in [0.15, 0.2) is 48.5 Å². The summed E-state index contributed by atoms with van der Waals surface area (Å²) in [6, 6.07) is 13.1. The van der Waals surface area contributed by atoms with Gasteiger partial charge in [0.25, 0.3) is 0 Å². The Bertz CT molecular complexity index is 730. The molecule has 2 amide bonds. The van der Waals surface area contributed by atoms with Gasteiger partial charge in [0.15, 0.2) is 0 Å². The Morgan fingerprint density at radius 2 is 1.73 bits per heavy atom. The minimum absolute atomic E-state index is 0.131. The van der Waals surface area contributed by atoms with Gasteiger partial charge in [0.2, 0.25) is 11.8 Å². The first-order valence-corrected chi connectivity index (χ1v) is 7.27. The summed E-state index contributed by atoms with van der Waals surface area (Å²) in [6.07, 6.45) is 0.131. The summed E-state index contributed by atoms with van der Waals surface area (Å²) < 4.78 is 14.1. The van der Waals surface area contributed by atoms with E-state index in [2.05, 4.69) is 5.32 Å². The first kappa shape index (κ1) is 14.7. The van der Waals surface area contributed by atoms with E-state index in [0.717, 1.165) is 5.56 Å². The second-order valence-electron chi connectivity index (χ2n) is 5.27. The smallest absolute Gasteiger partial charge is 0.234 e. The average molecular weight is 318 g/mol. The SMILES string of the molecule is O=C1CC(c2ccc(Cl)cc2)C(c2ccccc2F)C(=O)N1. The first-order chi connectivity index (χ1) is 10.6. The third-order valence-corrected chi connectivity index (χ3v) is 4.14. The minimum atomic E-state index is -0.736. The van der Waals surface area contributed by atoms with E-state index in [1.54, 1.807) is 42.5 Å². The maximum Gasteiger partial charge on any atom is 0.234 e. The Labute approximate surface area is 132 Å². The fourth-order valence-electron chi connectivity index (χ4n) is 2.87. The van der Waals surface area contributed by atoms with Gasteiger partial charge in [-0.15, -0.1) is 0 Å². The van der Waals surface area contributed by atoms with Gasteiger partial charge < -0.3 is 0 Å². The van der Waals surface area contributed by atoms with Crippen LogP contribution in [0.5, 0.6) is 0 Å². The molecule has 1 saturated heterocycles. The monoisotopic (exact) mass is 317 g/mol. The molecule has 0 bridgehead atoms. The summed E-state index contributed by atoms with van der Waals surface area (Å²) >= 11 is 5.88. The molecule has 1 N–H and O–H groups in total. The number of imide groups is 1. The van der Waals surface area contributed by atoms with Crippen molar-refractivity contribution < 1.29 is 14.0 Å². The van der Waals surface area contributed by atoms with E-state index >= 15 is 0 Å². The lowest BCUT2D eigenvalue weighted by molar-refractivity contribution is -0.135. The van der Waals surface area contributed by atoms with Gasteiger partial charge in [-0.3, -0.25) is 14.9 Å². The largest absolute Gasteiger partial charge is 0.296 e. The summed E-state index contributed by atoms with van der Waals surface area (Å²) in [4.78, 5) is 24.0. The van der Waals surface area contributed by atoms with Gasteiger partial charge >= 0.3 is 0 Å². The van der Waals surface area contributed by atoms with Crippen LogP contribution in [-0.4, -0.2) is 11.8 Å². The maximum absolute atomic E-state index is 14.1. The molecule has 0 aliphatic carbocycles. The molecule has 2 unspecified atom stereocenters. The number of halogens is 2. The highest BCUT2D eigenvalue weighted by Crippen LogP contribution is 2.39. The van der Waals surface area contributed by atoms with Crippen LogP contribution in [0.25, 0.3) is 0 Å². The summed E-state index contributed by atoms with van der Waals surface area (Å²) in [6.45, 7) is 0. The lowest BCUT2D eigenvalue weighted by atomic mass is 9.76. The molecule has 1 aliphatic heterocycles. The first-order valence-electron chi connectivity index (χ1n) is 6.90. The van der Waals surface area contributed by atoms with Gasteiger partial charge in [-0.05, 0) is 23.8 Å². The second kappa shape index (κ2) is 5.89. The van der Waals surface area contributed by atoms with Crippen molar-refractivity contribution in [3.63, 3.8) is 0 Å². The molecule has 1 fully saturated rings. The Balaban J connectivity index is 2.07. The fraction of sp³-hybridized carbons (Fsp3) is 0.176. The molecule has 22 heavy (non-hydrogen) atoms. The highest BCUT2D eigenvalue weighted by atomic mass is 35.5. The van der Waals surface area contributed by atoms with Crippen molar-refractivity contribution in [1.82, 2.24) is 5.32 Å². The molecule has 2 atom stereocenters. The third kappa shape index (κ3) is 2.74. The molecule has 2 aromatic rings. The van der Waals surface area contributed by atoms with Crippen molar-refractivity contribution in [2.75, 3.05) is 0 Å². The average Bonchev–Trinajstić information content (AvgIpc) is 2.48. The van der Waals surface area contributed by atoms with Crippen molar-refractivity contribution in [1.29, 1.82) is 0 Å². The lowest BCUT2D eigenvalue weighted by Crippen LogP contribution is -2.43. The Hall–Kier alpha value is -2.20. The van der Waals surface area contributed by atoms with Crippen molar-refractivity contribution in [2.45, 2.75) is 18.3 Å². The summed E-state index contributed by atoms with van der Waals surface area (Å²) in [5, 5.41) is 2.86. The van der Waals surface area contributed by atoms with Crippen molar-refractivity contribution in [2.24, 2.45) is 0 Å². The molecule has 0 saturated carbocycles. The predicted octanol–water partition coefficient (Wildman–Crippen LogP) is 3.39. The number of hydrogen-bond donors (Lipinski definition) is 1. The topological polar surface area (TPSA) is 46.2 Å². The van der Waals surface area contributed by atoms with Gasteiger partial charge in [0.05, 0.1) is 5.92 Å². The maximum atomic E-state index is 14.1. The van der Waals surface area contributed by atoms with Crippen LogP contribution < -0.4 is 5.32 Å². The standard InChI is InChI=1S/C17H13ClFNO2/c18-11-7-5-10(6-8-11)13-9-15(21)20-17(22)16(13)12-3-1-2-4-14(12)19/h1-8,13,16H,9H2,(H,20,21,22). The number of rotatable bonds is 2. The van der Waals surface area contributed by atoms with Crippen LogP contribution in [0, 0.1) is 5.82 Å². The van der Waals surface area contributed by atoms with Crippen LogP contribution in [-0.2, 0) is 9.59 Å². The molecule has 3 rings (SSSR count). The zero-order valence-electron chi connectivity index (χ0n) is 11.6. The van der Waals surface area contributed by atoms with E-state index in [4.69, 9.17) is 11.6 Å². The van der Waals surface area contributed by atoms with E-state index in [1.165, 1.54) is 6.07 Å². The van der Waals surface area contributed by atoms with Gasteiger partial charge in [-0.25, -0.2) is 4.39 Å². The van der Waals surface area contributed by atoms with E-state index in [0.29, 0.717) is 10.6 Å². The van der Waals surface area contributed by atoms with E-state index in [9.17, 15) is 14.0 Å².